The minimum absolute atomic E-state index is 0.143. The summed E-state index contributed by atoms with van der Waals surface area (Å²) in [7, 11) is 0. The highest BCUT2D eigenvalue weighted by Gasteiger charge is 2.17. The van der Waals surface area contributed by atoms with E-state index in [1.807, 2.05) is 0 Å². The van der Waals surface area contributed by atoms with Crippen LogP contribution in [0.2, 0.25) is 0 Å². The van der Waals surface area contributed by atoms with Crippen LogP contribution in [0.4, 0.5) is 0 Å². The molecule has 0 saturated carbocycles. The molecule has 0 spiro atoms. The van der Waals surface area contributed by atoms with Crippen LogP contribution >= 0.6 is 0 Å². The first-order chi connectivity index (χ1) is 7.34. The van der Waals surface area contributed by atoms with Crippen molar-refractivity contribution in [1.29, 1.82) is 0 Å². The minimum Gasteiger partial charge on any atom is -0.355 e. The van der Waals surface area contributed by atoms with E-state index in [9.17, 15) is 4.79 Å². The number of hydrogen-bond acceptors (Lipinski definition) is 4. The molecule has 5 heteroatoms. The van der Waals surface area contributed by atoms with Crippen molar-refractivity contribution in [3.8, 4) is 0 Å². The van der Waals surface area contributed by atoms with E-state index < -0.39 is 0 Å². The van der Waals surface area contributed by atoms with Crippen LogP contribution in [-0.4, -0.2) is 28.5 Å². The fourth-order valence-corrected chi connectivity index (χ4v) is 1.56. The molecule has 1 aliphatic heterocycles. The smallest absolute Gasteiger partial charge is 0.220 e. The van der Waals surface area contributed by atoms with Crippen LogP contribution in [0.1, 0.15) is 18.7 Å². The molecule has 15 heavy (non-hydrogen) atoms. The van der Waals surface area contributed by atoms with Crippen LogP contribution in [0, 0.1) is 0 Å². The van der Waals surface area contributed by atoms with Gasteiger partial charge in [0, 0.05) is 31.4 Å². The van der Waals surface area contributed by atoms with E-state index in [0.29, 0.717) is 25.6 Å². The zero-order chi connectivity index (χ0) is 10.5. The third-order valence-electron chi connectivity index (χ3n) is 2.43. The average Bonchev–Trinajstić information content (AvgIpc) is 2.30. The van der Waals surface area contributed by atoms with E-state index in [0.717, 1.165) is 12.2 Å². The summed E-state index contributed by atoms with van der Waals surface area (Å²) in [6.07, 6.45) is 4.95. The first-order valence-corrected chi connectivity index (χ1v) is 5.10. The Morgan fingerprint density at radius 2 is 2.27 bits per heavy atom. The van der Waals surface area contributed by atoms with Gasteiger partial charge in [-0.1, -0.05) is 0 Å². The van der Waals surface area contributed by atoms with Gasteiger partial charge >= 0.3 is 0 Å². The van der Waals surface area contributed by atoms with Crippen LogP contribution in [0.15, 0.2) is 18.5 Å². The number of aromatic nitrogens is 2. The molecule has 1 atom stereocenters. The summed E-state index contributed by atoms with van der Waals surface area (Å²) in [4.78, 5) is 19.2. The monoisotopic (exact) mass is 206 g/mol. The van der Waals surface area contributed by atoms with E-state index in [4.69, 9.17) is 0 Å². The van der Waals surface area contributed by atoms with Crippen LogP contribution in [0.5, 0.6) is 0 Å². The van der Waals surface area contributed by atoms with E-state index in [2.05, 4.69) is 20.6 Å². The molecule has 1 aromatic heterocycles. The van der Waals surface area contributed by atoms with E-state index in [-0.39, 0.29) is 5.91 Å². The first-order valence-electron chi connectivity index (χ1n) is 5.10. The van der Waals surface area contributed by atoms with E-state index in [1.165, 1.54) is 0 Å². The third kappa shape index (κ3) is 2.99. The van der Waals surface area contributed by atoms with Gasteiger partial charge in [-0.3, -0.25) is 4.79 Å². The highest BCUT2D eigenvalue weighted by molar-refractivity contribution is 5.76. The van der Waals surface area contributed by atoms with Crippen molar-refractivity contribution in [2.24, 2.45) is 0 Å². The van der Waals surface area contributed by atoms with Crippen LogP contribution in [0.3, 0.4) is 0 Å². The van der Waals surface area contributed by atoms with Crippen molar-refractivity contribution in [3.05, 3.63) is 24.3 Å². The molecule has 80 valence electrons. The molecule has 1 aromatic rings. The maximum Gasteiger partial charge on any atom is 0.220 e. The van der Waals surface area contributed by atoms with Crippen molar-refractivity contribution in [2.45, 2.75) is 25.4 Å². The van der Waals surface area contributed by atoms with Crippen LogP contribution < -0.4 is 10.6 Å². The molecular formula is C10H14N4O. The molecule has 1 aliphatic rings. The van der Waals surface area contributed by atoms with Gasteiger partial charge in [0.1, 0.15) is 5.82 Å². The molecule has 0 bridgehead atoms. The zero-order valence-corrected chi connectivity index (χ0v) is 8.44. The summed E-state index contributed by atoms with van der Waals surface area (Å²) >= 11 is 0. The molecule has 2 heterocycles. The molecule has 2 N–H and O–H groups in total. The zero-order valence-electron chi connectivity index (χ0n) is 8.44. The number of amides is 1. The fraction of sp³-hybridized carbons (Fsp3) is 0.500. The predicted molar refractivity (Wildman–Crippen MR) is 54.9 cm³/mol. The number of nitrogens with one attached hydrogen (secondary N) is 2. The lowest BCUT2D eigenvalue weighted by molar-refractivity contribution is -0.122. The largest absolute Gasteiger partial charge is 0.355 e. The molecule has 5 nitrogen and oxygen atoms in total. The summed E-state index contributed by atoms with van der Waals surface area (Å²) in [5.41, 5.74) is 0. The molecule has 0 aliphatic carbocycles. The molecular weight excluding hydrogens is 192 g/mol. The fourth-order valence-electron chi connectivity index (χ4n) is 1.56. The lowest BCUT2D eigenvalue weighted by Gasteiger charge is -2.23. The van der Waals surface area contributed by atoms with E-state index in [1.54, 1.807) is 18.5 Å². The summed E-state index contributed by atoms with van der Waals surface area (Å²) in [6.45, 7) is 1.35. The molecule has 1 fully saturated rings. The minimum atomic E-state index is 0.143. The van der Waals surface area contributed by atoms with Gasteiger partial charge in [-0.15, -0.1) is 0 Å². The van der Waals surface area contributed by atoms with Gasteiger partial charge in [0.05, 0.1) is 6.54 Å². The SMILES string of the molecule is O=C1CCC(NCc2ncccn2)CN1. The Balaban J connectivity index is 1.77. The second-order valence-electron chi connectivity index (χ2n) is 3.59. The van der Waals surface area contributed by atoms with Gasteiger partial charge in [0.2, 0.25) is 5.91 Å². The summed E-state index contributed by atoms with van der Waals surface area (Å²) in [5.74, 6) is 0.929. The molecule has 1 amide bonds. The van der Waals surface area contributed by atoms with Gasteiger partial charge in [-0.2, -0.15) is 0 Å². The van der Waals surface area contributed by atoms with Gasteiger partial charge in [-0.25, -0.2) is 9.97 Å². The summed E-state index contributed by atoms with van der Waals surface area (Å²) < 4.78 is 0. The van der Waals surface area contributed by atoms with Crippen molar-refractivity contribution in [1.82, 2.24) is 20.6 Å². The molecule has 1 unspecified atom stereocenters. The van der Waals surface area contributed by atoms with E-state index >= 15 is 0 Å². The summed E-state index contributed by atoms with van der Waals surface area (Å²) in [5, 5.41) is 6.14. The topological polar surface area (TPSA) is 66.9 Å². The highest BCUT2D eigenvalue weighted by Crippen LogP contribution is 2.02. The number of carbonyl (C=O) groups is 1. The highest BCUT2D eigenvalue weighted by atomic mass is 16.1. The Morgan fingerprint density at radius 3 is 2.93 bits per heavy atom. The van der Waals surface area contributed by atoms with Crippen molar-refractivity contribution < 1.29 is 4.79 Å². The lowest BCUT2D eigenvalue weighted by atomic mass is 10.1. The van der Waals surface area contributed by atoms with Crippen LogP contribution in [0.25, 0.3) is 0 Å². The van der Waals surface area contributed by atoms with Crippen molar-refractivity contribution in [3.63, 3.8) is 0 Å². The quantitative estimate of drug-likeness (QED) is 0.721. The number of hydrogen-bond donors (Lipinski definition) is 2. The van der Waals surface area contributed by atoms with Gasteiger partial charge in [-0.05, 0) is 12.5 Å². The average molecular weight is 206 g/mol. The Hall–Kier alpha value is -1.49. The normalized spacial score (nSPS) is 21.1. The van der Waals surface area contributed by atoms with Gasteiger partial charge < -0.3 is 10.6 Å². The second-order valence-corrected chi connectivity index (χ2v) is 3.59. The Morgan fingerprint density at radius 1 is 1.47 bits per heavy atom. The third-order valence-corrected chi connectivity index (χ3v) is 2.43. The number of carbonyl (C=O) groups excluding carboxylic acids is 1. The maximum atomic E-state index is 10.9. The maximum absolute atomic E-state index is 10.9. The standard InChI is InChI=1S/C10H14N4O/c15-10-3-2-8(6-14-10)13-7-9-11-4-1-5-12-9/h1,4-5,8,13H,2-3,6-7H2,(H,14,15). The van der Waals surface area contributed by atoms with Gasteiger partial charge in [0.25, 0.3) is 0 Å². The predicted octanol–water partition coefficient (Wildman–Crippen LogP) is -0.155. The first kappa shape index (κ1) is 10.0. The lowest BCUT2D eigenvalue weighted by Crippen LogP contribution is -2.45. The van der Waals surface area contributed by atoms with Gasteiger partial charge in [0.15, 0.2) is 0 Å². The number of nitrogens with zero attached hydrogens (tertiary/aromatic N) is 2. The Labute approximate surface area is 88.3 Å². The molecule has 0 aromatic carbocycles. The van der Waals surface area contributed by atoms with Crippen molar-refractivity contribution >= 4 is 5.91 Å². The molecule has 2 rings (SSSR count). The Bertz CT molecular complexity index is 317. The number of rotatable bonds is 3. The molecule has 0 radical (unpaired) electrons. The second kappa shape index (κ2) is 4.84. The van der Waals surface area contributed by atoms with Crippen molar-refractivity contribution in [2.75, 3.05) is 6.54 Å². The number of piperidine rings is 1. The summed E-state index contributed by atoms with van der Waals surface area (Å²) in [6, 6.07) is 2.14. The molecule has 1 saturated heterocycles. The Kier molecular flexibility index (Phi) is 3.24. The van der Waals surface area contributed by atoms with Crippen LogP contribution in [-0.2, 0) is 11.3 Å².